The number of thiocarbonyl (C=S) groups is 1. The molecule has 0 heterocycles. The van der Waals surface area contributed by atoms with Gasteiger partial charge in [0.15, 0.2) is 0 Å². The molecular weight excluding hydrogens is 320 g/mol. The summed E-state index contributed by atoms with van der Waals surface area (Å²) >= 11 is 10.7. The third kappa shape index (κ3) is 28.8. The number of carboxylic acid groups (broad SMARTS) is 1. The number of hydrogen-bond donors (Lipinski definition) is 2. The van der Waals surface area contributed by atoms with E-state index in [1.54, 1.807) is 11.8 Å². The molecule has 0 spiro atoms. The van der Waals surface area contributed by atoms with E-state index >= 15 is 0 Å². The fourth-order valence-corrected chi connectivity index (χ4v) is 2.80. The van der Waals surface area contributed by atoms with Crippen LogP contribution in [0.2, 0.25) is 0 Å². The second-order valence-electron chi connectivity index (χ2n) is 4.84. The Morgan fingerprint density at radius 3 is 1.81 bits per heavy atom. The minimum atomic E-state index is -0.981. The van der Waals surface area contributed by atoms with E-state index in [-0.39, 0.29) is 0 Å². The molecule has 0 radical (unpaired) electrons. The van der Waals surface area contributed by atoms with Crippen molar-refractivity contribution in [3.8, 4) is 0 Å². The third-order valence-corrected chi connectivity index (χ3v) is 4.38. The van der Waals surface area contributed by atoms with Crippen LogP contribution in [-0.4, -0.2) is 20.4 Å². The van der Waals surface area contributed by atoms with Gasteiger partial charge in [-0.1, -0.05) is 83.5 Å². The van der Waals surface area contributed by atoms with E-state index < -0.39 is 5.97 Å². The summed E-state index contributed by atoms with van der Waals surface area (Å²) in [5.74, 6) is 0.170. The fourth-order valence-electron chi connectivity index (χ4n) is 1.75. The summed E-state index contributed by atoms with van der Waals surface area (Å²) in [6, 6.07) is 0. The molecule has 0 aliphatic rings. The minimum Gasteiger partial charge on any atom is -0.478 e. The lowest BCUT2D eigenvalue weighted by Gasteiger charge is -2.01. The molecule has 0 aromatic carbocycles. The van der Waals surface area contributed by atoms with Gasteiger partial charge in [-0.25, -0.2) is 4.79 Å². The molecule has 0 unspecified atom stereocenters. The molecule has 0 aromatic heterocycles. The van der Waals surface area contributed by atoms with E-state index in [1.807, 2.05) is 0 Å². The number of unbranched alkanes of at least 4 members (excludes halogenated alkanes) is 9. The summed E-state index contributed by atoms with van der Waals surface area (Å²) in [6.07, 6.45) is 14.8. The first-order valence-electron chi connectivity index (χ1n) is 7.75. The Morgan fingerprint density at radius 1 is 1.10 bits per heavy atom. The summed E-state index contributed by atoms with van der Waals surface area (Å²) in [6.45, 7) is 5.23. The molecule has 124 valence electrons. The van der Waals surface area contributed by atoms with Crippen molar-refractivity contribution in [2.75, 3.05) is 5.75 Å². The Hall–Kier alpha value is -0.000000000000000111. The summed E-state index contributed by atoms with van der Waals surface area (Å²) < 4.78 is 0.788. The molecule has 0 saturated carbocycles. The van der Waals surface area contributed by atoms with Gasteiger partial charge >= 0.3 is 5.97 Å². The highest BCUT2D eigenvalue weighted by molar-refractivity contribution is 8.41. The highest BCUT2D eigenvalue weighted by Crippen LogP contribution is 2.14. The Bertz CT molecular complexity index is 268. The smallest absolute Gasteiger partial charge is 0.327 e. The topological polar surface area (TPSA) is 37.3 Å². The molecule has 1 N–H and O–H groups in total. The first-order valence-corrected chi connectivity index (χ1v) is 9.59. The van der Waals surface area contributed by atoms with Gasteiger partial charge in [-0.2, -0.15) is 0 Å². The van der Waals surface area contributed by atoms with Crippen molar-refractivity contribution in [1.29, 1.82) is 0 Å². The van der Waals surface area contributed by atoms with Crippen molar-refractivity contribution in [3.05, 3.63) is 12.7 Å². The molecule has 0 rings (SSSR count). The molecule has 0 aliphatic carbocycles. The summed E-state index contributed by atoms with van der Waals surface area (Å²) in [7, 11) is 0. The molecule has 0 bridgehead atoms. The van der Waals surface area contributed by atoms with Gasteiger partial charge in [-0.15, -0.1) is 24.4 Å². The average Bonchev–Trinajstić information content (AvgIpc) is 2.45. The molecule has 2 nitrogen and oxygen atoms in total. The Labute approximate surface area is 145 Å². The van der Waals surface area contributed by atoms with Crippen molar-refractivity contribution in [2.24, 2.45) is 0 Å². The predicted molar refractivity (Wildman–Crippen MR) is 104 cm³/mol. The van der Waals surface area contributed by atoms with Gasteiger partial charge in [0.2, 0.25) is 0 Å². The van der Waals surface area contributed by atoms with Gasteiger partial charge in [0, 0.05) is 6.08 Å². The second-order valence-corrected chi connectivity index (χ2v) is 7.66. The lowest BCUT2D eigenvalue weighted by Crippen LogP contribution is -1.84. The number of carboxylic acids is 1. The van der Waals surface area contributed by atoms with Crippen LogP contribution >= 0.6 is 36.6 Å². The normalized spacial score (nSPS) is 9.62. The maximum Gasteiger partial charge on any atom is 0.327 e. The zero-order valence-electron chi connectivity index (χ0n) is 13.2. The highest BCUT2D eigenvalue weighted by atomic mass is 32.2. The average molecular weight is 351 g/mol. The lowest BCUT2D eigenvalue weighted by molar-refractivity contribution is -0.131. The highest BCUT2D eigenvalue weighted by Gasteiger charge is 1.94. The first kappa shape index (κ1) is 23.3. The lowest BCUT2D eigenvalue weighted by atomic mass is 10.1. The SMILES string of the molecule is C=CC(=O)O.CCCCCCCCCCCCSC(=S)S. The standard InChI is InChI=1S/C13H26S3.C3H4O2/c1-2-3-4-5-6-7-8-9-10-11-12-16-13(14)15;1-2-3(4)5/h2-12H2,1H3,(H,14,15);2H,1H2,(H,4,5). The Kier molecular flexibility index (Phi) is 22.2. The monoisotopic (exact) mass is 350 g/mol. The first-order chi connectivity index (χ1) is 10.0. The molecule has 0 aliphatic heterocycles. The maximum absolute atomic E-state index is 9.25. The van der Waals surface area contributed by atoms with Crippen LogP contribution in [-0.2, 0) is 4.79 Å². The van der Waals surface area contributed by atoms with E-state index in [2.05, 4.69) is 26.1 Å². The van der Waals surface area contributed by atoms with Crippen LogP contribution in [0.1, 0.15) is 71.1 Å². The van der Waals surface area contributed by atoms with Gasteiger partial charge in [-0.3, -0.25) is 0 Å². The molecule has 0 atom stereocenters. The van der Waals surface area contributed by atoms with Gasteiger partial charge in [0.1, 0.15) is 3.53 Å². The van der Waals surface area contributed by atoms with Crippen molar-refractivity contribution in [2.45, 2.75) is 71.1 Å². The van der Waals surface area contributed by atoms with Crippen molar-refractivity contribution >= 4 is 46.1 Å². The van der Waals surface area contributed by atoms with E-state index in [4.69, 9.17) is 17.3 Å². The summed E-state index contributed by atoms with van der Waals surface area (Å²) in [4.78, 5) is 9.25. The molecule has 0 aromatic rings. The molecule has 0 saturated heterocycles. The van der Waals surface area contributed by atoms with Crippen LogP contribution in [0.4, 0.5) is 0 Å². The number of thiol groups is 1. The molecule has 5 heteroatoms. The number of rotatable bonds is 12. The van der Waals surface area contributed by atoms with Crippen LogP contribution in [0.5, 0.6) is 0 Å². The number of hydrogen-bond acceptors (Lipinski definition) is 3. The van der Waals surface area contributed by atoms with E-state index in [0.717, 1.165) is 15.4 Å². The zero-order chi connectivity index (χ0) is 16.3. The largest absolute Gasteiger partial charge is 0.478 e. The van der Waals surface area contributed by atoms with E-state index in [0.29, 0.717) is 0 Å². The molecular formula is C16H30O2S3. The summed E-state index contributed by atoms with van der Waals surface area (Å²) in [5, 5.41) is 7.60. The van der Waals surface area contributed by atoms with E-state index in [1.165, 1.54) is 64.2 Å². The van der Waals surface area contributed by atoms with Crippen LogP contribution in [0, 0.1) is 0 Å². The number of aliphatic carboxylic acids is 1. The predicted octanol–water partition coefficient (Wildman–Crippen LogP) is 6.11. The molecule has 0 fully saturated rings. The van der Waals surface area contributed by atoms with Gasteiger partial charge in [0.25, 0.3) is 0 Å². The van der Waals surface area contributed by atoms with Gasteiger partial charge < -0.3 is 5.11 Å². The quantitative estimate of drug-likeness (QED) is 0.193. The van der Waals surface area contributed by atoms with Crippen LogP contribution < -0.4 is 0 Å². The van der Waals surface area contributed by atoms with Crippen LogP contribution in [0.15, 0.2) is 12.7 Å². The number of thioether (sulfide) groups is 1. The van der Waals surface area contributed by atoms with Crippen molar-refractivity contribution < 1.29 is 9.90 Å². The fraction of sp³-hybridized carbons (Fsp3) is 0.750. The maximum atomic E-state index is 9.25. The molecule has 21 heavy (non-hydrogen) atoms. The van der Waals surface area contributed by atoms with Crippen LogP contribution in [0.25, 0.3) is 0 Å². The van der Waals surface area contributed by atoms with E-state index in [9.17, 15) is 4.79 Å². The summed E-state index contributed by atoms with van der Waals surface area (Å²) in [5.41, 5.74) is 0. The van der Waals surface area contributed by atoms with Gasteiger partial charge in [-0.05, 0) is 12.2 Å². The number of carbonyl (C=O) groups is 1. The molecule has 0 amide bonds. The minimum absolute atomic E-state index is 0.788. The third-order valence-electron chi connectivity index (χ3n) is 2.90. The Morgan fingerprint density at radius 2 is 1.48 bits per heavy atom. The zero-order valence-corrected chi connectivity index (χ0v) is 15.7. The second kappa shape index (κ2) is 20.0. The van der Waals surface area contributed by atoms with Crippen molar-refractivity contribution in [3.63, 3.8) is 0 Å². The Balaban J connectivity index is 0. The van der Waals surface area contributed by atoms with Gasteiger partial charge in [0.05, 0.1) is 0 Å². The van der Waals surface area contributed by atoms with Crippen LogP contribution in [0.3, 0.4) is 0 Å². The van der Waals surface area contributed by atoms with Crippen molar-refractivity contribution in [1.82, 2.24) is 0 Å².